The molecule has 0 saturated carbocycles. The number of carbonyl (C=O) groups excluding carboxylic acids is 1. The average Bonchev–Trinajstić information content (AvgIpc) is 3.12. The van der Waals surface area contributed by atoms with Gasteiger partial charge in [-0.15, -0.1) is 0 Å². The molecule has 0 amide bonds. The summed E-state index contributed by atoms with van der Waals surface area (Å²) in [7, 11) is 3.95. The third-order valence-corrected chi connectivity index (χ3v) is 4.79. The first-order valence-corrected chi connectivity index (χ1v) is 9.06. The van der Waals surface area contributed by atoms with Crippen molar-refractivity contribution >= 4 is 16.7 Å². The van der Waals surface area contributed by atoms with Gasteiger partial charge in [0.15, 0.2) is 0 Å². The molecular weight excluding hydrogens is 314 g/mol. The van der Waals surface area contributed by atoms with E-state index in [1.807, 2.05) is 37.2 Å². The number of carbonyl (C=O) groups is 1. The van der Waals surface area contributed by atoms with Gasteiger partial charge in [0.05, 0.1) is 12.0 Å². The van der Waals surface area contributed by atoms with Crippen molar-refractivity contribution in [2.24, 2.45) is 0 Å². The minimum Gasteiger partial charge on any atom is -0.464 e. The predicted molar refractivity (Wildman–Crippen MR) is 99.8 cm³/mol. The van der Waals surface area contributed by atoms with Gasteiger partial charge in [-0.25, -0.2) is 0 Å². The fourth-order valence-corrected chi connectivity index (χ4v) is 3.43. The molecular formula is C21H27NO3. The summed E-state index contributed by atoms with van der Waals surface area (Å²) in [5.74, 6) is -0.426. The lowest BCUT2D eigenvalue weighted by molar-refractivity contribution is -0.146. The first kappa shape index (κ1) is 17.9. The zero-order valence-electron chi connectivity index (χ0n) is 15.1. The van der Waals surface area contributed by atoms with Gasteiger partial charge in [-0.3, -0.25) is 4.79 Å². The quantitative estimate of drug-likeness (QED) is 0.721. The molecule has 1 aliphatic rings. The van der Waals surface area contributed by atoms with Crippen LogP contribution in [-0.4, -0.2) is 50.8 Å². The summed E-state index contributed by atoms with van der Waals surface area (Å²) >= 11 is 0. The number of likely N-dealkylation sites (N-methyl/N-ethyl adjacent to an activating group) is 1. The van der Waals surface area contributed by atoms with Gasteiger partial charge in [0.2, 0.25) is 0 Å². The van der Waals surface area contributed by atoms with Crippen LogP contribution in [0.15, 0.2) is 42.5 Å². The van der Waals surface area contributed by atoms with E-state index in [4.69, 9.17) is 9.47 Å². The standard InChI is InChI=1S/C21H27NO3/c1-22(2)12-14-25-21(23)20(15-17-9-6-13-24-17)19-11-5-8-16-7-3-4-10-18(16)19/h3-5,7-8,10-11,17,20H,6,9,12-15H2,1-2H3/t17-,20-/m1/s1. The summed E-state index contributed by atoms with van der Waals surface area (Å²) < 4.78 is 11.4. The van der Waals surface area contributed by atoms with Crippen LogP contribution in [0.25, 0.3) is 10.8 Å². The molecule has 0 bridgehead atoms. The molecule has 1 fully saturated rings. The summed E-state index contributed by atoms with van der Waals surface area (Å²) in [5, 5.41) is 2.27. The second-order valence-corrected chi connectivity index (χ2v) is 6.96. The monoisotopic (exact) mass is 341 g/mol. The van der Waals surface area contributed by atoms with Crippen molar-refractivity contribution in [1.29, 1.82) is 0 Å². The first-order valence-electron chi connectivity index (χ1n) is 9.06. The lowest BCUT2D eigenvalue weighted by atomic mass is 9.88. The number of hydrogen-bond donors (Lipinski definition) is 0. The maximum absolute atomic E-state index is 12.9. The predicted octanol–water partition coefficient (Wildman–Crippen LogP) is 3.60. The summed E-state index contributed by atoms with van der Waals surface area (Å²) in [6.07, 6.45) is 2.93. The summed E-state index contributed by atoms with van der Waals surface area (Å²) in [4.78, 5) is 14.9. The van der Waals surface area contributed by atoms with E-state index in [0.29, 0.717) is 13.0 Å². The van der Waals surface area contributed by atoms with E-state index in [1.165, 1.54) is 0 Å². The zero-order valence-corrected chi connectivity index (χ0v) is 15.1. The lowest BCUT2D eigenvalue weighted by Gasteiger charge is -2.21. The first-order chi connectivity index (χ1) is 12.1. The molecule has 25 heavy (non-hydrogen) atoms. The number of nitrogens with zero attached hydrogens (tertiary/aromatic N) is 1. The Morgan fingerprint density at radius 2 is 2.04 bits per heavy atom. The molecule has 0 unspecified atom stereocenters. The summed E-state index contributed by atoms with van der Waals surface area (Å²) in [6.45, 7) is 1.94. The van der Waals surface area contributed by atoms with Crippen molar-refractivity contribution in [1.82, 2.24) is 4.90 Å². The smallest absolute Gasteiger partial charge is 0.313 e. The summed E-state index contributed by atoms with van der Waals surface area (Å²) in [6, 6.07) is 14.4. The van der Waals surface area contributed by atoms with Crippen LogP contribution in [0.2, 0.25) is 0 Å². The topological polar surface area (TPSA) is 38.8 Å². The van der Waals surface area contributed by atoms with Crippen LogP contribution in [0.1, 0.15) is 30.7 Å². The van der Waals surface area contributed by atoms with Gasteiger partial charge in [-0.05, 0) is 49.7 Å². The SMILES string of the molecule is CN(C)CCOC(=O)[C@H](C[C@H]1CCCO1)c1cccc2ccccc12. The number of benzene rings is 2. The van der Waals surface area contributed by atoms with Gasteiger partial charge in [-0.2, -0.15) is 0 Å². The molecule has 2 atom stereocenters. The number of ether oxygens (including phenoxy) is 2. The fraction of sp³-hybridized carbons (Fsp3) is 0.476. The maximum Gasteiger partial charge on any atom is 0.313 e. The van der Waals surface area contributed by atoms with Crippen molar-refractivity contribution in [3.05, 3.63) is 48.0 Å². The molecule has 2 aromatic rings. The number of fused-ring (bicyclic) bond motifs is 1. The molecule has 0 radical (unpaired) electrons. The van der Waals surface area contributed by atoms with Crippen LogP contribution in [0.3, 0.4) is 0 Å². The van der Waals surface area contributed by atoms with Crippen LogP contribution in [-0.2, 0) is 14.3 Å². The fourth-order valence-electron chi connectivity index (χ4n) is 3.43. The lowest BCUT2D eigenvalue weighted by Crippen LogP contribution is -2.25. The highest BCUT2D eigenvalue weighted by molar-refractivity contribution is 5.91. The molecule has 2 aromatic carbocycles. The van der Waals surface area contributed by atoms with Crippen molar-refractivity contribution in [3.63, 3.8) is 0 Å². The minimum atomic E-state index is -0.281. The Bertz CT molecular complexity index is 702. The van der Waals surface area contributed by atoms with E-state index in [1.54, 1.807) is 0 Å². The Morgan fingerprint density at radius 1 is 1.24 bits per heavy atom. The van der Waals surface area contributed by atoms with Crippen LogP contribution in [0.4, 0.5) is 0 Å². The van der Waals surface area contributed by atoms with Crippen LogP contribution in [0, 0.1) is 0 Å². The van der Waals surface area contributed by atoms with E-state index in [-0.39, 0.29) is 18.0 Å². The van der Waals surface area contributed by atoms with Crippen molar-refractivity contribution < 1.29 is 14.3 Å². The van der Waals surface area contributed by atoms with Crippen molar-refractivity contribution in [2.45, 2.75) is 31.3 Å². The molecule has 0 spiro atoms. The Kier molecular flexibility index (Phi) is 6.05. The van der Waals surface area contributed by atoms with Crippen LogP contribution >= 0.6 is 0 Å². The highest BCUT2D eigenvalue weighted by Crippen LogP contribution is 2.32. The van der Waals surface area contributed by atoms with E-state index >= 15 is 0 Å². The Hall–Kier alpha value is -1.91. The largest absolute Gasteiger partial charge is 0.464 e. The maximum atomic E-state index is 12.9. The van der Waals surface area contributed by atoms with Gasteiger partial charge in [0.25, 0.3) is 0 Å². The molecule has 0 aromatic heterocycles. The van der Waals surface area contributed by atoms with E-state index < -0.39 is 0 Å². The molecule has 0 N–H and O–H groups in total. The van der Waals surface area contributed by atoms with Gasteiger partial charge < -0.3 is 14.4 Å². The zero-order chi connectivity index (χ0) is 17.6. The third kappa shape index (κ3) is 4.59. The number of esters is 1. The van der Waals surface area contributed by atoms with Crippen molar-refractivity contribution in [3.8, 4) is 0 Å². The van der Waals surface area contributed by atoms with Crippen LogP contribution < -0.4 is 0 Å². The van der Waals surface area contributed by atoms with Gasteiger partial charge in [-0.1, -0.05) is 42.5 Å². The molecule has 3 rings (SSSR count). The summed E-state index contributed by atoms with van der Waals surface area (Å²) in [5.41, 5.74) is 1.04. The second kappa shape index (κ2) is 8.45. The third-order valence-electron chi connectivity index (χ3n) is 4.79. The van der Waals surface area contributed by atoms with Crippen LogP contribution in [0.5, 0.6) is 0 Å². The number of rotatable bonds is 7. The van der Waals surface area contributed by atoms with Gasteiger partial charge >= 0.3 is 5.97 Å². The normalized spacial score (nSPS) is 18.6. The van der Waals surface area contributed by atoms with Gasteiger partial charge in [0.1, 0.15) is 6.61 Å². The Labute approximate surface area is 149 Å². The molecule has 0 aliphatic carbocycles. The van der Waals surface area contributed by atoms with E-state index in [9.17, 15) is 4.79 Å². The molecule has 1 aliphatic heterocycles. The Morgan fingerprint density at radius 3 is 2.80 bits per heavy atom. The average molecular weight is 341 g/mol. The molecule has 134 valence electrons. The second-order valence-electron chi connectivity index (χ2n) is 6.96. The Balaban J connectivity index is 1.85. The number of hydrogen-bond acceptors (Lipinski definition) is 4. The van der Waals surface area contributed by atoms with Crippen molar-refractivity contribution in [2.75, 3.05) is 33.9 Å². The molecule has 1 heterocycles. The van der Waals surface area contributed by atoms with E-state index in [0.717, 1.165) is 42.3 Å². The highest BCUT2D eigenvalue weighted by Gasteiger charge is 2.29. The van der Waals surface area contributed by atoms with Gasteiger partial charge in [0, 0.05) is 13.2 Å². The molecule has 1 saturated heterocycles. The minimum absolute atomic E-state index is 0.144. The molecule has 4 heteroatoms. The van der Waals surface area contributed by atoms with E-state index in [2.05, 4.69) is 24.3 Å². The molecule has 4 nitrogen and oxygen atoms in total. The highest BCUT2D eigenvalue weighted by atomic mass is 16.5.